The average molecular weight is 274 g/mol. The molecule has 112 valence electrons. The molecule has 2 N–H and O–H groups in total. The first-order valence-electron chi connectivity index (χ1n) is 8.07. The Kier molecular flexibility index (Phi) is 5.22. The van der Waals surface area contributed by atoms with Gasteiger partial charge in [-0.2, -0.15) is 0 Å². The Morgan fingerprint density at radius 3 is 2.30 bits per heavy atom. The number of hydrogen-bond donors (Lipinski definition) is 1. The summed E-state index contributed by atoms with van der Waals surface area (Å²) < 4.78 is 0. The van der Waals surface area contributed by atoms with Crippen LogP contribution in [0, 0.1) is 5.92 Å². The van der Waals surface area contributed by atoms with Gasteiger partial charge in [-0.25, -0.2) is 0 Å². The van der Waals surface area contributed by atoms with Crippen molar-refractivity contribution in [2.75, 3.05) is 13.1 Å². The Morgan fingerprint density at radius 2 is 1.70 bits per heavy atom. The highest BCUT2D eigenvalue weighted by Crippen LogP contribution is 2.24. The molecule has 2 nitrogen and oxygen atoms in total. The van der Waals surface area contributed by atoms with E-state index in [0.29, 0.717) is 12.0 Å². The largest absolute Gasteiger partial charge is 0.323 e. The molecule has 2 rings (SSSR count). The van der Waals surface area contributed by atoms with Gasteiger partial charge >= 0.3 is 0 Å². The van der Waals surface area contributed by atoms with Gasteiger partial charge in [-0.3, -0.25) is 4.90 Å². The Labute approximate surface area is 124 Å². The predicted octanol–water partition coefficient (Wildman–Crippen LogP) is 3.93. The smallest absolute Gasteiger partial charge is 0.0424 e. The molecule has 1 aliphatic heterocycles. The number of likely N-dealkylation sites (tertiary alicyclic amines) is 1. The number of piperidine rings is 1. The molecular weight excluding hydrogens is 244 g/mol. The fraction of sp³-hybridized carbons (Fsp3) is 0.667. The van der Waals surface area contributed by atoms with Crippen molar-refractivity contribution >= 4 is 0 Å². The van der Waals surface area contributed by atoms with Crippen LogP contribution in [0.4, 0.5) is 0 Å². The quantitative estimate of drug-likeness (QED) is 0.901. The van der Waals surface area contributed by atoms with Gasteiger partial charge in [0.05, 0.1) is 0 Å². The summed E-state index contributed by atoms with van der Waals surface area (Å²) in [6, 6.07) is 9.66. The Morgan fingerprint density at radius 1 is 1.10 bits per heavy atom. The maximum absolute atomic E-state index is 6.42. The first-order chi connectivity index (χ1) is 9.47. The molecule has 0 amide bonds. The van der Waals surface area contributed by atoms with Gasteiger partial charge in [0.25, 0.3) is 0 Å². The summed E-state index contributed by atoms with van der Waals surface area (Å²) >= 11 is 0. The first-order valence-corrected chi connectivity index (χ1v) is 8.07. The second-order valence-corrected chi connectivity index (χ2v) is 6.91. The molecular formula is C18H30N2. The zero-order chi connectivity index (χ0) is 14.7. The minimum absolute atomic E-state index is 0.129. The van der Waals surface area contributed by atoms with Crippen LogP contribution >= 0.6 is 0 Å². The molecule has 1 fully saturated rings. The predicted molar refractivity (Wildman–Crippen MR) is 86.9 cm³/mol. The van der Waals surface area contributed by atoms with Gasteiger partial charge in [0.15, 0.2) is 0 Å². The van der Waals surface area contributed by atoms with E-state index in [9.17, 15) is 0 Å². The number of benzene rings is 1. The summed E-state index contributed by atoms with van der Waals surface area (Å²) in [5.41, 5.74) is 9.07. The number of rotatable bonds is 4. The van der Waals surface area contributed by atoms with E-state index in [1.165, 1.54) is 30.5 Å². The maximum Gasteiger partial charge on any atom is 0.0424 e. The maximum atomic E-state index is 6.42. The van der Waals surface area contributed by atoms with Crippen molar-refractivity contribution in [1.29, 1.82) is 0 Å². The minimum atomic E-state index is 0.129. The molecule has 0 aromatic heterocycles. The van der Waals surface area contributed by atoms with Crippen LogP contribution in [0.1, 0.15) is 63.6 Å². The van der Waals surface area contributed by atoms with Gasteiger partial charge < -0.3 is 5.73 Å². The van der Waals surface area contributed by atoms with Gasteiger partial charge in [0, 0.05) is 25.2 Å². The Balaban J connectivity index is 1.98. The molecule has 0 spiro atoms. The van der Waals surface area contributed by atoms with Gasteiger partial charge in [-0.05, 0) is 42.7 Å². The van der Waals surface area contributed by atoms with Crippen LogP contribution in [0.5, 0.6) is 0 Å². The van der Waals surface area contributed by atoms with Gasteiger partial charge in [-0.15, -0.1) is 0 Å². The monoisotopic (exact) mass is 274 g/mol. The SMILES string of the molecule is CC1CCC(C)N(CC(N)c2ccc(C(C)C)cc2)C1. The summed E-state index contributed by atoms with van der Waals surface area (Å²) in [5.74, 6) is 1.39. The first kappa shape index (κ1) is 15.5. The molecule has 1 aromatic rings. The number of nitrogens with two attached hydrogens (primary N) is 1. The lowest BCUT2D eigenvalue weighted by Gasteiger charge is -2.38. The highest BCUT2D eigenvalue weighted by Gasteiger charge is 2.24. The molecule has 3 unspecified atom stereocenters. The van der Waals surface area contributed by atoms with Gasteiger partial charge in [0.1, 0.15) is 0 Å². The lowest BCUT2D eigenvalue weighted by Crippen LogP contribution is -2.44. The molecule has 1 heterocycles. The van der Waals surface area contributed by atoms with Crippen LogP contribution in [-0.2, 0) is 0 Å². The van der Waals surface area contributed by atoms with Crippen LogP contribution < -0.4 is 5.73 Å². The van der Waals surface area contributed by atoms with Crippen LogP contribution in [0.2, 0.25) is 0 Å². The van der Waals surface area contributed by atoms with Crippen molar-refractivity contribution in [2.24, 2.45) is 11.7 Å². The Hall–Kier alpha value is -0.860. The fourth-order valence-corrected chi connectivity index (χ4v) is 3.12. The molecule has 0 saturated carbocycles. The van der Waals surface area contributed by atoms with E-state index < -0.39 is 0 Å². The third kappa shape index (κ3) is 3.83. The van der Waals surface area contributed by atoms with E-state index in [2.05, 4.69) is 56.9 Å². The standard InChI is InChI=1S/C18H30N2/c1-13(2)16-7-9-17(10-8-16)18(19)12-20-11-14(3)5-6-15(20)4/h7-10,13-15,18H,5-6,11-12,19H2,1-4H3. The van der Waals surface area contributed by atoms with Crippen molar-refractivity contribution in [3.05, 3.63) is 35.4 Å². The van der Waals surface area contributed by atoms with Crippen LogP contribution in [0.25, 0.3) is 0 Å². The summed E-state index contributed by atoms with van der Waals surface area (Å²) in [6.45, 7) is 11.3. The van der Waals surface area contributed by atoms with E-state index in [1.807, 2.05) is 0 Å². The molecule has 3 atom stereocenters. The lowest BCUT2D eigenvalue weighted by atomic mass is 9.93. The third-order valence-electron chi connectivity index (χ3n) is 4.71. The third-order valence-corrected chi connectivity index (χ3v) is 4.71. The summed E-state index contributed by atoms with van der Waals surface area (Å²) in [7, 11) is 0. The van der Waals surface area contributed by atoms with Crippen LogP contribution in [0.15, 0.2) is 24.3 Å². The normalized spacial score (nSPS) is 25.9. The molecule has 20 heavy (non-hydrogen) atoms. The molecule has 2 heteroatoms. The van der Waals surface area contributed by atoms with Crippen molar-refractivity contribution in [1.82, 2.24) is 4.90 Å². The van der Waals surface area contributed by atoms with E-state index in [4.69, 9.17) is 5.73 Å². The van der Waals surface area contributed by atoms with Crippen molar-refractivity contribution in [2.45, 2.75) is 58.5 Å². The van der Waals surface area contributed by atoms with E-state index in [-0.39, 0.29) is 6.04 Å². The molecule has 0 radical (unpaired) electrons. The molecule has 1 aromatic carbocycles. The topological polar surface area (TPSA) is 29.3 Å². The number of nitrogens with zero attached hydrogens (tertiary/aromatic N) is 1. The average Bonchev–Trinajstić information content (AvgIpc) is 2.43. The molecule has 0 aliphatic carbocycles. The zero-order valence-electron chi connectivity index (χ0n) is 13.5. The van der Waals surface area contributed by atoms with Gasteiger partial charge in [-0.1, -0.05) is 45.0 Å². The Bertz CT molecular complexity index is 410. The van der Waals surface area contributed by atoms with Crippen molar-refractivity contribution < 1.29 is 0 Å². The minimum Gasteiger partial charge on any atom is -0.323 e. The van der Waals surface area contributed by atoms with Crippen molar-refractivity contribution in [3.8, 4) is 0 Å². The van der Waals surface area contributed by atoms with Crippen LogP contribution in [-0.4, -0.2) is 24.0 Å². The highest BCUT2D eigenvalue weighted by molar-refractivity contribution is 5.26. The molecule has 0 bridgehead atoms. The zero-order valence-corrected chi connectivity index (χ0v) is 13.5. The summed E-state index contributed by atoms with van der Waals surface area (Å²) in [4.78, 5) is 2.56. The number of hydrogen-bond acceptors (Lipinski definition) is 2. The summed E-state index contributed by atoms with van der Waals surface area (Å²) in [5, 5.41) is 0. The molecule has 1 aliphatic rings. The second kappa shape index (κ2) is 6.73. The second-order valence-electron chi connectivity index (χ2n) is 6.91. The van der Waals surface area contributed by atoms with Crippen molar-refractivity contribution in [3.63, 3.8) is 0 Å². The van der Waals surface area contributed by atoms with E-state index in [1.54, 1.807) is 0 Å². The van der Waals surface area contributed by atoms with Gasteiger partial charge in [0.2, 0.25) is 0 Å². The van der Waals surface area contributed by atoms with Crippen LogP contribution in [0.3, 0.4) is 0 Å². The van der Waals surface area contributed by atoms with E-state index >= 15 is 0 Å². The fourth-order valence-electron chi connectivity index (χ4n) is 3.12. The highest BCUT2D eigenvalue weighted by atomic mass is 15.2. The summed E-state index contributed by atoms with van der Waals surface area (Å²) in [6.07, 6.45) is 2.66. The molecule has 1 saturated heterocycles. The lowest BCUT2D eigenvalue weighted by molar-refractivity contribution is 0.117. The van der Waals surface area contributed by atoms with E-state index in [0.717, 1.165) is 12.5 Å².